The zero-order chi connectivity index (χ0) is 36.4. The summed E-state index contributed by atoms with van der Waals surface area (Å²) in [5.74, 6) is 4.11. The summed E-state index contributed by atoms with van der Waals surface area (Å²) in [5, 5.41) is 13.1. The van der Waals surface area contributed by atoms with E-state index in [2.05, 4.69) is 64.4 Å². The zero-order valence-electron chi connectivity index (χ0n) is 32.3. The van der Waals surface area contributed by atoms with Crippen LogP contribution in [0.1, 0.15) is 122 Å². The van der Waals surface area contributed by atoms with Crippen molar-refractivity contribution >= 4 is 29.4 Å². The standard InChI is InChI=1S/C44H64N2O4S/c1-29(2)32-15-20-44(45-39(49)50-26-8-23-46-24-27-51-28-25-46)22-21-42(6)34(37(32)44)13-14-36-41(5)18-16-33(30-9-11-31(12-10-30)38(47)48)40(3,4)35(41)17-19-43(36,42)7/h9-12,16,32,34-37H,1,8,13-15,17-28H2,2-7H3,(H,45,49)(H,47,48)/t32-,34+,35-,36+,37+,41-,42+,43+,44-/m0/s1. The fraction of sp³-hybridized carbons (Fsp3) is 0.727. The fourth-order valence-corrected chi connectivity index (χ4v) is 14.8. The Balaban J connectivity index is 1.11. The van der Waals surface area contributed by atoms with Crippen molar-refractivity contribution in [2.45, 2.75) is 111 Å². The number of amides is 1. The molecule has 0 unspecified atom stereocenters. The summed E-state index contributed by atoms with van der Waals surface area (Å²) in [6.45, 7) is 23.4. The summed E-state index contributed by atoms with van der Waals surface area (Å²) in [4.78, 5) is 27.6. The number of thioether (sulfide) groups is 1. The molecule has 4 saturated carbocycles. The first kappa shape index (κ1) is 37.1. The minimum absolute atomic E-state index is 0.00777. The molecule has 1 heterocycles. The minimum atomic E-state index is -0.873. The topological polar surface area (TPSA) is 78.9 Å². The maximum Gasteiger partial charge on any atom is 0.407 e. The maximum atomic E-state index is 13.5. The van der Waals surface area contributed by atoms with Crippen molar-refractivity contribution < 1.29 is 19.4 Å². The first-order chi connectivity index (χ1) is 24.2. The van der Waals surface area contributed by atoms with E-state index in [1.807, 2.05) is 23.9 Å². The number of carbonyl (C=O) groups is 2. The molecule has 280 valence electrons. The molecular weight excluding hydrogens is 653 g/mol. The Labute approximate surface area is 312 Å². The van der Waals surface area contributed by atoms with Crippen LogP contribution in [-0.2, 0) is 4.74 Å². The number of carbonyl (C=O) groups excluding carboxylic acids is 1. The third-order valence-electron chi connectivity index (χ3n) is 16.4. The van der Waals surface area contributed by atoms with Crippen LogP contribution in [0.25, 0.3) is 5.57 Å². The molecule has 9 atom stereocenters. The smallest absolute Gasteiger partial charge is 0.407 e. The van der Waals surface area contributed by atoms with E-state index in [-0.39, 0.29) is 33.3 Å². The van der Waals surface area contributed by atoms with Crippen LogP contribution in [-0.4, -0.2) is 65.4 Å². The monoisotopic (exact) mass is 716 g/mol. The van der Waals surface area contributed by atoms with Crippen LogP contribution in [0, 0.1) is 51.2 Å². The van der Waals surface area contributed by atoms with E-state index in [0.29, 0.717) is 41.8 Å². The van der Waals surface area contributed by atoms with E-state index in [0.717, 1.165) is 58.2 Å². The predicted molar refractivity (Wildman–Crippen MR) is 209 cm³/mol. The number of rotatable bonds is 8. The Bertz CT molecular complexity index is 1550. The molecule has 1 amide bonds. The quantitative estimate of drug-likeness (QED) is 0.206. The third kappa shape index (κ3) is 6.03. The molecule has 0 spiro atoms. The molecule has 7 rings (SSSR count). The molecule has 7 heteroatoms. The number of nitrogens with zero attached hydrogens (tertiary/aromatic N) is 1. The van der Waals surface area contributed by atoms with Gasteiger partial charge in [-0.25, -0.2) is 9.59 Å². The van der Waals surface area contributed by atoms with Gasteiger partial charge in [0.1, 0.15) is 0 Å². The molecule has 1 aromatic carbocycles. The van der Waals surface area contributed by atoms with Gasteiger partial charge < -0.3 is 20.1 Å². The van der Waals surface area contributed by atoms with Crippen molar-refractivity contribution in [3.63, 3.8) is 0 Å². The van der Waals surface area contributed by atoms with Gasteiger partial charge in [-0.1, -0.05) is 65.0 Å². The van der Waals surface area contributed by atoms with Crippen LogP contribution in [0.2, 0.25) is 0 Å². The predicted octanol–water partition coefficient (Wildman–Crippen LogP) is 9.95. The van der Waals surface area contributed by atoms with E-state index in [9.17, 15) is 14.7 Å². The summed E-state index contributed by atoms with van der Waals surface area (Å²) >= 11 is 2.03. The highest BCUT2D eigenvalue weighted by atomic mass is 32.2. The first-order valence-corrected chi connectivity index (χ1v) is 21.3. The van der Waals surface area contributed by atoms with Crippen LogP contribution in [0.5, 0.6) is 0 Å². The highest BCUT2D eigenvalue weighted by Gasteiger charge is 2.70. The summed E-state index contributed by atoms with van der Waals surface area (Å²) in [5.41, 5.74) is 4.56. The van der Waals surface area contributed by atoms with Crippen molar-refractivity contribution in [1.29, 1.82) is 0 Å². The molecule has 0 aromatic heterocycles. The second-order valence-electron chi connectivity index (χ2n) is 18.8. The van der Waals surface area contributed by atoms with Gasteiger partial charge in [-0.3, -0.25) is 0 Å². The Morgan fingerprint density at radius 2 is 1.67 bits per heavy atom. The van der Waals surface area contributed by atoms with Gasteiger partial charge in [0.05, 0.1) is 12.2 Å². The highest BCUT2D eigenvalue weighted by Crippen LogP contribution is 2.76. The van der Waals surface area contributed by atoms with Gasteiger partial charge >= 0.3 is 12.1 Å². The first-order valence-electron chi connectivity index (χ1n) is 20.1. The average Bonchev–Trinajstić information content (AvgIpc) is 3.47. The van der Waals surface area contributed by atoms with Crippen molar-refractivity contribution in [3.8, 4) is 0 Å². The van der Waals surface area contributed by atoms with Gasteiger partial charge in [-0.2, -0.15) is 11.8 Å². The molecule has 1 saturated heterocycles. The molecule has 1 aliphatic heterocycles. The summed E-state index contributed by atoms with van der Waals surface area (Å²) in [6, 6.07) is 7.56. The van der Waals surface area contributed by atoms with Gasteiger partial charge in [0.2, 0.25) is 0 Å². The minimum Gasteiger partial charge on any atom is -0.478 e. The highest BCUT2D eigenvalue weighted by molar-refractivity contribution is 7.99. The Morgan fingerprint density at radius 1 is 0.941 bits per heavy atom. The van der Waals surface area contributed by atoms with E-state index in [1.54, 1.807) is 12.1 Å². The number of aromatic carboxylic acids is 1. The Hall–Kier alpha value is -2.25. The van der Waals surface area contributed by atoms with Gasteiger partial charge in [0, 0.05) is 36.7 Å². The lowest BCUT2D eigenvalue weighted by Crippen LogP contribution is -2.68. The van der Waals surface area contributed by atoms with Crippen LogP contribution in [0.15, 0.2) is 42.5 Å². The van der Waals surface area contributed by atoms with Crippen molar-refractivity contribution in [2.75, 3.05) is 37.7 Å². The van der Waals surface area contributed by atoms with E-state index in [4.69, 9.17) is 4.74 Å². The van der Waals surface area contributed by atoms with Gasteiger partial charge in [0.25, 0.3) is 0 Å². The van der Waals surface area contributed by atoms with E-state index in [1.165, 1.54) is 53.9 Å². The van der Waals surface area contributed by atoms with Crippen LogP contribution >= 0.6 is 11.8 Å². The molecule has 5 aliphatic carbocycles. The van der Waals surface area contributed by atoms with E-state index >= 15 is 0 Å². The SMILES string of the molecule is C=C(C)[C@@H]1CC[C@]2(NC(=O)OCCCN3CCSCC3)CC[C@]3(C)[C@H](CC[C@@H]4[C@@]5(C)CC=C(c6ccc(C(=O)O)cc6)C(C)(C)[C@@H]5CC[C@]43C)[C@@H]12. The average molecular weight is 717 g/mol. The lowest BCUT2D eigenvalue weighted by molar-refractivity contribution is -0.218. The molecule has 0 radical (unpaired) electrons. The number of carboxylic acids is 1. The van der Waals surface area contributed by atoms with Crippen molar-refractivity contribution in [3.05, 3.63) is 53.6 Å². The largest absolute Gasteiger partial charge is 0.478 e. The normalized spacial score (nSPS) is 40.1. The van der Waals surface area contributed by atoms with Gasteiger partial charge in [-0.05, 0) is 146 Å². The number of ether oxygens (including phenoxy) is 1. The van der Waals surface area contributed by atoms with Gasteiger partial charge in [-0.15, -0.1) is 0 Å². The van der Waals surface area contributed by atoms with Crippen LogP contribution in [0.3, 0.4) is 0 Å². The number of allylic oxidation sites excluding steroid dienone is 3. The Morgan fingerprint density at radius 3 is 2.35 bits per heavy atom. The van der Waals surface area contributed by atoms with Gasteiger partial charge in [0.15, 0.2) is 0 Å². The molecule has 6 aliphatic rings. The molecule has 1 aromatic rings. The lowest BCUT2D eigenvalue weighted by atomic mass is 9.33. The molecule has 0 bridgehead atoms. The van der Waals surface area contributed by atoms with Crippen molar-refractivity contribution in [1.82, 2.24) is 10.2 Å². The second kappa shape index (κ2) is 13.6. The number of alkyl carbamates (subject to hydrolysis) is 1. The maximum absolute atomic E-state index is 13.5. The number of hydrogen-bond donors (Lipinski definition) is 2. The second-order valence-corrected chi connectivity index (χ2v) is 20.1. The van der Waals surface area contributed by atoms with Crippen LogP contribution in [0.4, 0.5) is 4.79 Å². The lowest BCUT2D eigenvalue weighted by Gasteiger charge is -2.72. The summed E-state index contributed by atoms with van der Waals surface area (Å²) in [7, 11) is 0. The Kier molecular flexibility index (Phi) is 9.85. The number of carboxylic acid groups (broad SMARTS) is 1. The molecule has 51 heavy (non-hydrogen) atoms. The number of hydrogen-bond acceptors (Lipinski definition) is 5. The fourth-order valence-electron chi connectivity index (χ4n) is 13.8. The molecule has 5 fully saturated rings. The number of benzene rings is 1. The molecular formula is C44H64N2O4S. The molecule has 2 N–H and O–H groups in total. The number of nitrogens with one attached hydrogen (secondary N) is 1. The van der Waals surface area contributed by atoms with Crippen LogP contribution < -0.4 is 5.32 Å². The number of fused-ring (bicyclic) bond motifs is 7. The zero-order valence-corrected chi connectivity index (χ0v) is 33.1. The summed E-state index contributed by atoms with van der Waals surface area (Å²) < 4.78 is 5.91. The molecule has 6 nitrogen and oxygen atoms in total. The summed E-state index contributed by atoms with van der Waals surface area (Å²) in [6.07, 6.45) is 13.5. The van der Waals surface area contributed by atoms with Crippen molar-refractivity contribution in [2.24, 2.45) is 51.2 Å². The third-order valence-corrected chi connectivity index (χ3v) is 17.3. The van der Waals surface area contributed by atoms with E-state index < -0.39 is 5.97 Å².